The van der Waals surface area contributed by atoms with Crippen molar-refractivity contribution < 1.29 is 15.0 Å². The fourth-order valence-corrected chi connectivity index (χ4v) is 2.25. The third-order valence-electron chi connectivity index (χ3n) is 3.16. The Balaban J connectivity index is 2.26. The Hall–Kier alpha value is -0.650. The summed E-state index contributed by atoms with van der Waals surface area (Å²) in [6.07, 6.45) is 2.74. The summed E-state index contributed by atoms with van der Waals surface area (Å²) >= 11 is 0. The minimum Gasteiger partial charge on any atom is -0.394 e. The highest BCUT2D eigenvalue weighted by molar-refractivity contribution is 5.82. The molecule has 5 heteroatoms. The molecule has 1 saturated heterocycles. The minimum atomic E-state index is -0.731. The molecule has 1 fully saturated rings. The van der Waals surface area contributed by atoms with E-state index in [-0.39, 0.29) is 18.6 Å². The number of hydrogen-bond acceptors (Lipinski definition) is 4. The highest BCUT2D eigenvalue weighted by Gasteiger charge is 2.29. The fourth-order valence-electron chi connectivity index (χ4n) is 2.25. The molecule has 1 aliphatic heterocycles. The normalized spacial score (nSPS) is 22.6. The zero-order valence-electron chi connectivity index (χ0n) is 10.6. The van der Waals surface area contributed by atoms with Crippen molar-refractivity contribution in [3.05, 3.63) is 0 Å². The molecule has 0 radical (unpaired) electrons. The van der Waals surface area contributed by atoms with E-state index in [0.717, 1.165) is 32.4 Å². The second-order valence-electron chi connectivity index (χ2n) is 4.61. The zero-order valence-corrected chi connectivity index (χ0v) is 10.6. The van der Waals surface area contributed by atoms with Crippen molar-refractivity contribution >= 4 is 5.91 Å². The van der Waals surface area contributed by atoms with E-state index < -0.39 is 6.10 Å². The van der Waals surface area contributed by atoms with E-state index >= 15 is 0 Å². The molecular weight excluding hydrogens is 220 g/mol. The molecular formula is C12H24N2O3. The first-order chi connectivity index (χ1) is 8.19. The first kappa shape index (κ1) is 14.4. The SMILES string of the molecule is CCCN1CCCC1C(=O)NCC[C@@H](O)CO. The van der Waals surface area contributed by atoms with Crippen LogP contribution in [-0.2, 0) is 4.79 Å². The van der Waals surface area contributed by atoms with Crippen LogP contribution in [0, 0.1) is 0 Å². The number of aliphatic hydroxyl groups excluding tert-OH is 2. The average molecular weight is 244 g/mol. The lowest BCUT2D eigenvalue weighted by Crippen LogP contribution is -2.44. The molecule has 0 spiro atoms. The van der Waals surface area contributed by atoms with Gasteiger partial charge in [0.05, 0.1) is 18.8 Å². The summed E-state index contributed by atoms with van der Waals surface area (Å²) in [5, 5.41) is 20.6. The summed E-state index contributed by atoms with van der Waals surface area (Å²) in [5.41, 5.74) is 0. The van der Waals surface area contributed by atoms with Gasteiger partial charge >= 0.3 is 0 Å². The van der Waals surface area contributed by atoms with Crippen LogP contribution < -0.4 is 5.32 Å². The van der Waals surface area contributed by atoms with E-state index in [1.165, 1.54) is 0 Å². The number of amides is 1. The lowest BCUT2D eigenvalue weighted by atomic mass is 10.2. The summed E-state index contributed by atoms with van der Waals surface area (Å²) in [6, 6.07) is 0.00113. The van der Waals surface area contributed by atoms with Crippen LogP contribution in [0.3, 0.4) is 0 Å². The number of likely N-dealkylation sites (tertiary alicyclic amines) is 1. The Morgan fingerprint density at radius 2 is 2.35 bits per heavy atom. The highest BCUT2D eigenvalue weighted by Crippen LogP contribution is 2.17. The molecule has 3 N–H and O–H groups in total. The second kappa shape index (κ2) is 7.63. The van der Waals surface area contributed by atoms with Crippen LogP contribution >= 0.6 is 0 Å². The van der Waals surface area contributed by atoms with Crippen molar-refractivity contribution in [3.63, 3.8) is 0 Å². The van der Waals surface area contributed by atoms with Gasteiger partial charge in [-0.3, -0.25) is 9.69 Å². The number of carbonyl (C=O) groups excluding carboxylic acids is 1. The number of nitrogens with zero attached hydrogens (tertiary/aromatic N) is 1. The second-order valence-corrected chi connectivity index (χ2v) is 4.61. The van der Waals surface area contributed by atoms with E-state index in [9.17, 15) is 4.79 Å². The van der Waals surface area contributed by atoms with Crippen LogP contribution in [0.1, 0.15) is 32.6 Å². The third kappa shape index (κ3) is 4.61. The van der Waals surface area contributed by atoms with Crippen LogP contribution in [0.5, 0.6) is 0 Å². The Morgan fingerprint density at radius 1 is 1.59 bits per heavy atom. The van der Waals surface area contributed by atoms with Gasteiger partial charge in [-0.1, -0.05) is 6.92 Å². The standard InChI is InChI=1S/C12H24N2O3/c1-2-7-14-8-3-4-11(14)12(17)13-6-5-10(16)9-15/h10-11,15-16H,2-9H2,1H3,(H,13,17)/t10-,11?/m1/s1. The van der Waals surface area contributed by atoms with Crippen LogP contribution in [0.4, 0.5) is 0 Å². The number of carbonyl (C=O) groups is 1. The molecule has 1 unspecified atom stereocenters. The minimum absolute atomic E-state index is 0.00113. The fraction of sp³-hybridized carbons (Fsp3) is 0.917. The molecule has 1 heterocycles. The largest absolute Gasteiger partial charge is 0.394 e. The van der Waals surface area contributed by atoms with Crippen molar-refractivity contribution in [1.82, 2.24) is 10.2 Å². The monoisotopic (exact) mass is 244 g/mol. The molecule has 0 saturated carbocycles. The van der Waals surface area contributed by atoms with Crippen molar-refractivity contribution in [2.24, 2.45) is 0 Å². The van der Waals surface area contributed by atoms with E-state index in [0.29, 0.717) is 13.0 Å². The van der Waals surface area contributed by atoms with E-state index in [2.05, 4.69) is 17.1 Å². The summed E-state index contributed by atoms with van der Waals surface area (Å²) < 4.78 is 0. The summed E-state index contributed by atoms with van der Waals surface area (Å²) in [5.74, 6) is 0.0566. The molecule has 0 bridgehead atoms. The predicted molar refractivity (Wildman–Crippen MR) is 65.6 cm³/mol. The average Bonchev–Trinajstić information content (AvgIpc) is 2.77. The van der Waals surface area contributed by atoms with Crippen molar-refractivity contribution in [1.29, 1.82) is 0 Å². The topological polar surface area (TPSA) is 72.8 Å². The van der Waals surface area contributed by atoms with Crippen molar-refractivity contribution in [3.8, 4) is 0 Å². The maximum absolute atomic E-state index is 11.9. The molecule has 17 heavy (non-hydrogen) atoms. The maximum Gasteiger partial charge on any atom is 0.237 e. The van der Waals surface area contributed by atoms with Gasteiger partial charge in [0.15, 0.2) is 0 Å². The molecule has 0 aromatic carbocycles. The number of aliphatic hydroxyl groups is 2. The Morgan fingerprint density at radius 3 is 3.00 bits per heavy atom. The molecule has 0 aromatic heterocycles. The van der Waals surface area contributed by atoms with Gasteiger partial charge in [-0.05, 0) is 38.8 Å². The van der Waals surface area contributed by atoms with Gasteiger partial charge in [-0.15, -0.1) is 0 Å². The molecule has 0 aliphatic carbocycles. The lowest BCUT2D eigenvalue weighted by Gasteiger charge is -2.23. The van der Waals surface area contributed by atoms with Gasteiger partial charge in [0, 0.05) is 6.54 Å². The van der Waals surface area contributed by atoms with Crippen LogP contribution in [-0.4, -0.2) is 59.4 Å². The number of hydrogen-bond donors (Lipinski definition) is 3. The molecule has 100 valence electrons. The van der Waals surface area contributed by atoms with E-state index in [1.807, 2.05) is 0 Å². The number of rotatable bonds is 7. The van der Waals surface area contributed by atoms with Gasteiger partial charge in [0.25, 0.3) is 0 Å². The van der Waals surface area contributed by atoms with Gasteiger partial charge in [0.1, 0.15) is 0 Å². The van der Waals surface area contributed by atoms with E-state index in [1.54, 1.807) is 0 Å². The van der Waals surface area contributed by atoms with Gasteiger partial charge in [0.2, 0.25) is 5.91 Å². The predicted octanol–water partition coefficient (Wildman–Crippen LogP) is -0.280. The molecule has 1 amide bonds. The number of nitrogens with one attached hydrogen (secondary N) is 1. The molecule has 5 nitrogen and oxygen atoms in total. The molecule has 1 rings (SSSR count). The summed E-state index contributed by atoms with van der Waals surface area (Å²) in [6.45, 7) is 4.27. The summed E-state index contributed by atoms with van der Waals surface area (Å²) in [7, 11) is 0. The summed E-state index contributed by atoms with van der Waals surface area (Å²) in [4.78, 5) is 14.1. The molecule has 1 aliphatic rings. The molecule has 2 atom stereocenters. The highest BCUT2D eigenvalue weighted by atomic mass is 16.3. The van der Waals surface area contributed by atoms with Crippen LogP contribution in [0.25, 0.3) is 0 Å². The molecule has 0 aromatic rings. The Kier molecular flexibility index (Phi) is 6.47. The zero-order chi connectivity index (χ0) is 12.7. The maximum atomic E-state index is 11.9. The lowest BCUT2D eigenvalue weighted by molar-refractivity contribution is -0.125. The van der Waals surface area contributed by atoms with Crippen LogP contribution in [0.2, 0.25) is 0 Å². The van der Waals surface area contributed by atoms with Crippen molar-refractivity contribution in [2.45, 2.75) is 44.8 Å². The Bertz CT molecular complexity index is 236. The smallest absolute Gasteiger partial charge is 0.237 e. The first-order valence-corrected chi connectivity index (χ1v) is 6.49. The van der Waals surface area contributed by atoms with Crippen LogP contribution in [0.15, 0.2) is 0 Å². The van der Waals surface area contributed by atoms with Gasteiger partial charge < -0.3 is 15.5 Å². The van der Waals surface area contributed by atoms with E-state index in [4.69, 9.17) is 10.2 Å². The van der Waals surface area contributed by atoms with Gasteiger partial charge in [-0.25, -0.2) is 0 Å². The Labute approximate surface area is 103 Å². The first-order valence-electron chi connectivity index (χ1n) is 6.49. The van der Waals surface area contributed by atoms with Gasteiger partial charge in [-0.2, -0.15) is 0 Å². The van der Waals surface area contributed by atoms with Crippen molar-refractivity contribution in [2.75, 3.05) is 26.2 Å². The quantitative estimate of drug-likeness (QED) is 0.576. The third-order valence-corrected chi connectivity index (χ3v) is 3.16.